The topological polar surface area (TPSA) is 68.1 Å². The zero-order valence-corrected chi connectivity index (χ0v) is 15.6. The molecule has 26 heavy (non-hydrogen) atoms. The molecular weight excluding hydrogens is 348 g/mol. The van der Waals surface area contributed by atoms with Crippen LogP contribution in [-0.2, 0) is 5.75 Å². The number of nitrogens with zero attached hydrogens (tertiary/aromatic N) is 1. The molecule has 2 aromatic carbocycles. The van der Waals surface area contributed by atoms with Crippen LogP contribution >= 0.6 is 11.8 Å². The van der Waals surface area contributed by atoms with E-state index in [1.54, 1.807) is 24.9 Å². The molecule has 0 amide bonds. The average molecular weight is 366 g/mol. The first-order valence-corrected chi connectivity index (χ1v) is 9.23. The lowest BCUT2D eigenvalue weighted by molar-refractivity contribution is 0.415. The van der Waals surface area contributed by atoms with Gasteiger partial charge in [-0.2, -0.15) is 0 Å². The molecule has 0 spiro atoms. The van der Waals surface area contributed by atoms with Gasteiger partial charge in [0, 0.05) is 23.3 Å². The molecule has 0 saturated heterocycles. The number of rotatable bonds is 4. The van der Waals surface area contributed by atoms with Gasteiger partial charge >= 0.3 is 5.63 Å². The van der Waals surface area contributed by atoms with Crippen LogP contribution in [-0.4, -0.2) is 17.1 Å². The molecule has 2 heterocycles. The number of aromatic amines is 1. The third-order valence-corrected chi connectivity index (χ3v) is 5.47. The fraction of sp³-hybridized carbons (Fsp3) is 0.200. The molecule has 0 saturated carbocycles. The first-order chi connectivity index (χ1) is 12.5. The number of fused-ring (bicyclic) bond motifs is 2. The molecule has 4 rings (SSSR count). The van der Waals surface area contributed by atoms with Gasteiger partial charge in [-0.3, -0.25) is 0 Å². The van der Waals surface area contributed by atoms with E-state index in [0.29, 0.717) is 11.3 Å². The number of hydrogen-bond acceptors (Lipinski definition) is 5. The summed E-state index contributed by atoms with van der Waals surface area (Å²) in [5, 5.41) is 1.77. The van der Waals surface area contributed by atoms with Crippen molar-refractivity contribution in [1.82, 2.24) is 9.97 Å². The van der Waals surface area contributed by atoms with Crippen LogP contribution in [0.15, 0.2) is 50.8 Å². The number of aromatic nitrogens is 2. The van der Waals surface area contributed by atoms with Gasteiger partial charge in [0.2, 0.25) is 0 Å². The highest BCUT2D eigenvalue weighted by molar-refractivity contribution is 7.98. The Morgan fingerprint density at radius 1 is 1.19 bits per heavy atom. The van der Waals surface area contributed by atoms with Crippen molar-refractivity contribution in [3.8, 4) is 5.75 Å². The number of thioether (sulfide) groups is 1. The van der Waals surface area contributed by atoms with E-state index in [1.165, 1.54) is 0 Å². The van der Waals surface area contributed by atoms with Crippen LogP contribution in [0, 0.1) is 13.8 Å². The second-order valence-electron chi connectivity index (χ2n) is 6.19. The van der Waals surface area contributed by atoms with Gasteiger partial charge in [-0.05, 0) is 42.7 Å². The normalized spacial score (nSPS) is 11.3. The summed E-state index contributed by atoms with van der Waals surface area (Å²) in [6.45, 7) is 3.99. The summed E-state index contributed by atoms with van der Waals surface area (Å²) < 4.78 is 10.7. The zero-order chi connectivity index (χ0) is 18.3. The smallest absolute Gasteiger partial charge is 0.336 e. The monoisotopic (exact) mass is 366 g/mol. The Bertz CT molecular complexity index is 1180. The second kappa shape index (κ2) is 6.53. The van der Waals surface area contributed by atoms with Gasteiger partial charge in [0.1, 0.15) is 11.3 Å². The number of nitrogens with one attached hydrogen (secondary N) is 1. The van der Waals surface area contributed by atoms with Crippen molar-refractivity contribution in [2.45, 2.75) is 24.8 Å². The molecule has 0 radical (unpaired) electrons. The molecular formula is C20H18N2O3S. The van der Waals surface area contributed by atoms with Gasteiger partial charge in [-0.15, -0.1) is 0 Å². The van der Waals surface area contributed by atoms with Crippen molar-refractivity contribution in [2.24, 2.45) is 0 Å². The van der Waals surface area contributed by atoms with Crippen molar-refractivity contribution >= 4 is 33.8 Å². The van der Waals surface area contributed by atoms with E-state index in [2.05, 4.69) is 16.0 Å². The molecule has 0 aliphatic carbocycles. The number of H-pyrrole nitrogens is 1. The van der Waals surface area contributed by atoms with Crippen LogP contribution in [0.2, 0.25) is 0 Å². The van der Waals surface area contributed by atoms with Gasteiger partial charge in [-0.25, -0.2) is 9.78 Å². The molecule has 2 aromatic heterocycles. The number of aryl methyl sites for hydroxylation is 2. The quantitative estimate of drug-likeness (QED) is 0.423. The molecule has 0 aliphatic rings. The molecule has 132 valence electrons. The Kier molecular flexibility index (Phi) is 4.20. The fourth-order valence-electron chi connectivity index (χ4n) is 2.95. The molecule has 5 nitrogen and oxygen atoms in total. The Morgan fingerprint density at radius 3 is 2.85 bits per heavy atom. The van der Waals surface area contributed by atoms with Gasteiger partial charge in [-0.1, -0.05) is 23.9 Å². The number of benzene rings is 2. The first-order valence-electron chi connectivity index (χ1n) is 8.24. The van der Waals surface area contributed by atoms with Crippen LogP contribution in [0.5, 0.6) is 5.75 Å². The lowest BCUT2D eigenvalue weighted by atomic mass is 10.0. The lowest BCUT2D eigenvalue weighted by Gasteiger charge is -2.08. The molecule has 0 unspecified atom stereocenters. The number of hydrogen-bond donors (Lipinski definition) is 1. The molecule has 0 aliphatic heterocycles. The maximum Gasteiger partial charge on any atom is 0.336 e. The van der Waals surface area contributed by atoms with Crippen LogP contribution < -0.4 is 10.4 Å². The van der Waals surface area contributed by atoms with E-state index >= 15 is 0 Å². The SMILES string of the molecule is COc1ccc2nc(SCc3cc(=O)oc4c(C)c(C)ccc34)[nH]c2c1. The largest absolute Gasteiger partial charge is 0.497 e. The predicted molar refractivity (Wildman–Crippen MR) is 104 cm³/mol. The molecule has 0 fully saturated rings. The summed E-state index contributed by atoms with van der Waals surface area (Å²) in [6, 6.07) is 11.4. The molecule has 0 atom stereocenters. The minimum absolute atomic E-state index is 0.323. The highest BCUT2D eigenvalue weighted by Crippen LogP contribution is 2.29. The van der Waals surface area contributed by atoms with Gasteiger partial charge < -0.3 is 14.1 Å². The Balaban J connectivity index is 1.68. The van der Waals surface area contributed by atoms with Gasteiger partial charge in [0.25, 0.3) is 0 Å². The van der Waals surface area contributed by atoms with Gasteiger partial charge in [0.05, 0.1) is 18.1 Å². The van der Waals surface area contributed by atoms with E-state index in [0.717, 1.165) is 44.0 Å². The van der Waals surface area contributed by atoms with Crippen LogP contribution in [0.1, 0.15) is 16.7 Å². The van der Waals surface area contributed by atoms with Crippen molar-refractivity contribution in [3.63, 3.8) is 0 Å². The fourth-order valence-corrected chi connectivity index (χ4v) is 3.83. The summed E-state index contributed by atoms with van der Waals surface area (Å²) in [7, 11) is 1.64. The minimum Gasteiger partial charge on any atom is -0.497 e. The summed E-state index contributed by atoms with van der Waals surface area (Å²) in [5.74, 6) is 1.41. The van der Waals surface area contributed by atoms with E-state index in [-0.39, 0.29) is 5.63 Å². The summed E-state index contributed by atoms with van der Waals surface area (Å²) in [4.78, 5) is 19.9. The van der Waals surface area contributed by atoms with Crippen molar-refractivity contribution in [3.05, 3.63) is 63.5 Å². The third-order valence-electron chi connectivity index (χ3n) is 4.55. The molecule has 1 N–H and O–H groups in total. The molecule has 0 bridgehead atoms. The Hall–Kier alpha value is -2.73. The van der Waals surface area contributed by atoms with Crippen LogP contribution in [0.3, 0.4) is 0 Å². The summed E-state index contributed by atoms with van der Waals surface area (Å²) in [5.41, 5.74) is 5.22. The van der Waals surface area contributed by atoms with Crippen molar-refractivity contribution in [2.75, 3.05) is 7.11 Å². The molecule has 4 aromatic rings. The summed E-state index contributed by atoms with van der Waals surface area (Å²) in [6.07, 6.45) is 0. The van der Waals surface area contributed by atoms with Gasteiger partial charge in [0.15, 0.2) is 5.16 Å². The highest BCUT2D eigenvalue weighted by Gasteiger charge is 2.11. The number of methoxy groups -OCH3 is 1. The van der Waals surface area contributed by atoms with E-state index in [9.17, 15) is 4.79 Å². The standard InChI is InChI=1S/C20H18N2O3S/c1-11-4-6-15-13(8-18(23)25-19(15)12(11)2)10-26-20-21-16-7-5-14(24-3)9-17(16)22-20/h4-9H,10H2,1-3H3,(H,21,22). The Morgan fingerprint density at radius 2 is 2.04 bits per heavy atom. The van der Waals surface area contributed by atoms with E-state index in [4.69, 9.17) is 9.15 Å². The number of imidazole rings is 1. The van der Waals surface area contributed by atoms with E-state index in [1.807, 2.05) is 38.1 Å². The van der Waals surface area contributed by atoms with E-state index < -0.39 is 0 Å². The predicted octanol–water partition coefficient (Wildman–Crippen LogP) is 4.59. The molecule has 6 heteroatoms. The van der Waals surface area contributed by atoms with Crippen molar-refractivity contribution in [1.29, 1.82) is 0 Å². The average Bonchev–Trinajstić information content (AvgIpc) is 3.05. The summed E-state index contributed by atoms with van der Waals surface area (Å²) >= 11 is 1.56. The second-order valence-corrected chi connectivity index (χ2v) is 7.15. The minimum atomic E-state index is -0.323. The maximum absolute atomic E-state index is 12.0. The number of ether oxygens (including phenoxy) is 1. The van der Waals surface area contributed by atoms with Crippen LogP contribution in [0.4, 0.5) is 0 Å². The van der Waals surface area contributed by atoms with Crippen LogP contribution in [0.25, 0.3) is 22.0 Å². The Labute approximate surface area is 154 Å². The zero-order valence-electron chi connectivity index (χ0n) is 14.8. The highest BCUT2D eigenvalue weighted by atomic mass is 32.2. The third kappa shape index (κ3) is 2.97. The lowest BCUT2D eigenvalue weighted by Crippen LogP contribution is -2.01. The first kappa shape index (κ1) is 16.7. The maximum atomic E-state index is 12.0. The van der Waals surface area contributed by atoms with Crippen molar-refractivity contribution < 1.29 is 9.15 Å².